The van der Waals surface area contributed by atoms with Gasteiger partial charge in [-0.3, -0.25) is 0 Å². The third kappa shape index (κ3) is 3.63. The number of hydrogen-bond donors (Lipinski definition) is 2. The Morgan fingerprint density at radius 3 is 2.71 bits per heavy atom. The molecule has 0 saturated heterocycles. The average Bonchev–Trinajstić information content (AvgIpc) is 2.32. The Kier molecular flexibility index (Phi) is 4.26. The summed E-state index contributed by atoms with van der Waals surface area (Å²) in [6.07, 6.45) is 4.70. The van der Waals surface area contributed by atoms with Crippen molar-refractivity contribution in [3.63, 3.8) is 0 Å². The fourth-order valence-corrected chi connectivity index (χ4v) is 2.41. The number of nitrogens with one attached hydrogen (secondary N) is 1. The highest BCUT2D eigenvalue weighted by molar-refractivity contribution is 5.47. The van der Waals surface area contributed by atoms with Crippen molar-refractivity contribution in [1.29, 1.82) is 0 Å². The van der Waals surface area contributed by atoms with E-state index >= 15 is 0 Å². The van der Waals surface area contributed by atoms with E-state index < -0.39 is 0 Å². The van der Waals surface area contributed by atoms with Crippen molar-refractivity contribution in [3.8, 4) is 5.75 Å². The van der Waals surface area contributed by atoms with Crippen LogP contribution < -0.4 is 15.8 Å². The number of benzene rings is 1. The molecule has 0 aliphatic heterocycles. The molecule has 1 aromatic rings. The van der Waals surface area contributed by atoms with Gasteiger partial charge in [0.15, 0.2) is 0 Å². The van der Waals surface area contributed by atoms with Crippen molar-refractivity contribution in [1.82, 2.24) is 0 Å². The topological polar surface area (TPSA) is 47.3 Å². The molecule has 0 radical (unpaired) electrons. The Bertz CT molecular complexity index is 337. The van der Waals surface area contributed by atoms with Gasteiger partial charge < -0.3 is 15.8 Å². The van der Waals surface area contributed by atoms with Gasteiger partial charge in [0.1, 0.15) is 5.75 Å². The van der Waals surface area contributed by atoms with Crippen molar-refractivity contribution in [2.45, 2.75) is 44.7 Å². The lowest BCUT2D eigenvalue weighted by molar-refractivity contribution is 0.340. The fourth-order valence-electron chi connectivity index (χ4n) is 2.41. The van der Waals surface area contributed by atoms with Gasteiger partial charge in [-0.25, -0.2) is 0 Å². The molecule has 0 aromatic heterocycles. The molecule has 1 aliphatic rings. The van der Waals surface area contributed by atoms with Gasteiger partial charge in [-0.2, -0.15) is 0 Å². The van der Waals surface area contributed by atoms with Gasteiger partial charge in [-0.15, -0.1) is 0 Å². The number of nitrogens with two attached hydrogens (primary N) is 1. The fraction of sp³-hybridized carbons (Fsp3) is 0.571. The molecule has 17 heavy (non-hydrogen) atoms. The highest BCUT2D eigenvalue weighted by Crippen LogP contribution is 2.22. The van der Waals surface area contributed by atoms with E-state index in [2.05, 4.69) is 17.4 Å². The van der Waals surface area contributed by atoms with E-state index in [9.17, 15) is 0 Å². The lowest BCUT2D eigenvalue weighted by atomic mass is 9.91. The van der Waals surface area contributed by atoms with Crippen LogP contribution >= 0.6 is 0 Å². The largest absolute Gasteiger partial charge is 0.494 e. The van der Waals surface area contributed by atoms with Gasteiger partial charge in [0.25, 0.3) is 0 Å². The van der Waals surface area contributed by atoms with Crippen molar-refractivity contribution >= 4 is 5.69 Å². The van der Waals surface area contributed by atoms with Crippen molar-refractivity contribution in [2.24, 2.45) is 5.73 Å². The predicted molar refractivity (Wildman–Crippen MR) is 71.5 cm³/mol. The van der Waals surface area contributed by atoms with E-state index in [1.54, 1.807) is 0 Å². The smallest absolute Gasteiger partial charge is 0.119 e. The van der Waals surface area contributed by atoms with Crippen molar-refractivity contribution < 1.29 is 4.74 Å². The molecular weight excluding hydrogens is 212 g/mol. The standard InChI is InChI=1S/C14H22N2O/c1-2-17-14-8-6-12(7-9-14)16-13-5-3-4-11(15)10-13/h6-9,11,13,16H,2-5,10,15H2,1H3. The molecule has 0 bridgehead atoms. The van der Waals surface area contributed by atoms with Gasteiger partial charge in [0.2, 0.25) is 0 Å². The summed E-state index contributed by atoms with van der Waals surface area (Å²) in [6, 6.07) is 9.06. The van der Waals surface area contributed by atoms with Gasteiger partial charge in [0.05, 0.1) is 6.61 Å². The molecule has 0 spiro atoms. The molecule has 1 fully saturated rings. The molecule has 2 rings (SSSR count). The molecular formula is C14H22N2O. The van der Waals surface area contributed by atoms with E-state index in [1.807, 2.05) is 19.1 Å². The first-order valence-corrected chi connectivity index (χ1v) is 6.53. The Morgan fingerprint density at radius 1 is 1.29 bits per heavy atom. The van der Waals surface area contributed by atoms with Gasteiger partial charge in [-0.05, 0) is 56.9 Å². The van der Waals surface area contributed by atoms with Crippen LogP contribution in [0.25, 0.3) is 0 Å². The molecule has 2 unspecified atom stereocenters. The van der Waals surface area contributed by atoms with Gasteiger partial charge in [-0.1, -0.05) is 0 Å². The minimum atomic E-state index is 0.365. The van der Waals surface area contributed by atoms with E-state index in [4.69, 9.17) is 10.5 Å². The predicted octanol–water partition coefficient (Wildman–Crippen LogP) is 2.77. The maximum Gasteiger partial charge on any atom is 0.119 e. The maximum absolute atomic E-state index is 5.98. The zero-order chi connectivity index (χ0) is 12.1. The second kappa shape index (κ2) is 5.92. The molecule has 2 atom stereocenters. The molecule has 3 heteroatoms. The highest BCUT2D eigenvalue weighted by Gasteiger charge is 2.18. The van der Waals surface area contributed by atoms with E-state index in [0.29, 0.717) is 18.7 Å². The first-order chi connectivity index (χ1) is 8.28. The van der Waals surface area contributed by atoms with Crippen molar-refractivity contribution in [3.05, 3.63) is 24.3 Å². The lowest BCUT2D eigenvalue weighted by Crippen LogP contribution is -2.34. The normalized spacial score (nSPS) is 24.4. The van der Waals surface area contributed by atoms with Crippen LogP contribution in [0.1, 0.15) is 32.6 Å². The summed E-state index contributed by atoms with van der Waals surface area (Å²) >= 11 is 0. The lowest BCUT2D eigenvalue weighted by Gasteiger charge is -2.28. The average molecular weight is 234 g/mol. The minimum absolute atomic E-state index is 0.365. The molecule has 94 valence electrons. The zero-order valence-corrected chi connectivity index (χ0v) is 10.5. The van der Waals surface area contributed by atoms with Crippen LogP contribution in [-0.2, 0) is 0 Å². The van der Waals surface area contributed by atoms with Crippen LogP contribution in [0.5, 0.6) is 5.75 Å². The van der Waals surface area contributed by atoms with Crippen LogP contribution in [0.15, 0.2) is 24.3 Å². The maximum atomic E-state index is 5.98. The molecule has 0 amide bonds. The van der Waals surface area contributed by atoms with Crippen LogP contribution in [0, 0.1) is 0 Å². The summed E-state index contributed by atoms with van der Waals surface area (Å²) in [5.41, 5.74) is 7.14. The first kappa shape index (κ1) is 12.2. The molecule has 0 heterocycles. The third-order valence-electron chi connectivity index (χ3n) is 3.25. The Balaban J connectivity index is 1.89. The molecule has 1 aromatic carbocycles. The Morgan fingerprint density at radius 2 is 2.06 bits per heavy atom. The molecule has 3 N–H and O–H groups in total. The van der Waals surface area contributed by atoms with Gasteiger partial charge >= 0.3 is 0 Å². The number of ether oxygens (including phenoxy) is 1. The van der Waals surface area contributed by atoms with E-state index in [-0.39, 0.29) is 0 Å². The molecule has 1 aliphatic carbocycles. The molecule has 3 nitrogen and oxygen atoms in total. The number of hydrogen-bond acceptors (Lipinski definition) is 3. The number of rotatable bonds is 4. The van der Waals surface area contributed by atoms with Crippen LogP contribution in [-0.4, -0.2) is 18.7 Å². The highest BCUT2D eigenvalue weighted by atomic mass is 16.5. The third-order valence-corrected chi connectivity index (χ3v) is 3.25. The van der Waals surface area contributed by atoms with Crippen LogP contribution in [0.4, 0.5) is 5.69 Å². The van der Waals surface area contributed by atoms with E-state index in [1.165, 1.54) is 19.3 Å². The Hall–Kier alpha value is -1.22. The zero-order valence-electron chi connectivity index (χ0n) is 10.5. The molecule has 1 saturated carbocycles. The van der Waals surface area contributed by atoms with E-state index in [0.717, 1.165) is 17.9 Å². The SMILES string of the molecule is CCOc1ccc(NC2CCCC(N)C2)cc1. The summed E-state index contributed by atoms with van der Waals surface area (Å²) in [4.78, 5) is 0. The summed E-state index contributed by atoms with van der Waals surface area (Å²) in [5.74, 6) is 0.929. The second-order valence-electron chi connectivity index (χ2n) is 4.73. The second-order valence-corrected chi connectivity index (χ2v) is 4.73. The van der Waals surface area contributed by atoms with Crippen molar-refractivity contribution in [2.75, 3.05) is 11.9 Å². The van der Waals surface area contributed by atoms with Crippen LogP contribution in [0.2, 0.25) is 0 Å². The number of anilines is 1. The summed E-state index contributed by atoms with van der Waals surface area (Å²) in [5, 5.41) is 3.55. The summed E-state index contributed by atoms with van der Waals surface area (Å²) in [7, 11) is 0. The summed E-state index contributed by atoms with van der Waals surface area (Å²) < 4.78 is 5.42. The van der Waals surface area contributed by atoms with Crippen LogP contribution in [0.3, 0.4) is 0 Å². The minimum Gasteiger partial charge on any atom is -0.494 e. The van der Waals surface area contributed by atoms with Gasteiger partial charge in [0, 0.05) is 17.8 Å². The monoisotopic (exact) mass is 234 g/mol. The quantitative estimate of drug-likeness (QED) is 0.842. The summed E-state index contributed by atoms with van der Waals surface area (Å²) in [6.45, 7) is 2.71. The Labute approximate surface area is 103 Å². The first-order valence-electron chi connectivity index (χ1n) is 6.53.